The van der Waals surface area contributed by atoms with Crippen LogP contribution >= 0.6 is 0 Å². The SMILES string of the molecule is CCc1cccc(C)c1N1C[C@H](C(=O)N(C)C2CCOCC2)CC1=O. The van der Waals surface area contributed by atoms with Crippen LogP contribution in [0, 0.1) is 12.8 Å². The first-order chi connectivity index (χ1) is 12.0. The number of ether oxygens (including phenoxy) is 1. The van der Waals surface area contributed by atoms with E-state index in [1.54, 1.807) is 0 Å². The topological polar surface area (TPSA) is 49.9 Å². The number of nitrogens with zero attached hydrogens (tertiary/aromatic N) is 2. The molecule has 0 aromatic heterocycles. The van der Waals surface area contributed by atoms with Gasteiger partial charge in [0.1, 0.15) is 0 Å². The van der Waals surface area contributed by atoms with Crippen LogP contribution in [0.4, 0.5) is 5.69 Å². The molecule has 2 saturated heterocycles. The van der Waals surface area contributed by atoms with Crippen molar-refractivity contribution in [1.29, 1.82) is 0 Å². The van der Waals surface area contributed by atoms with Gasteiger partial charge in [-0.2, -0.15) is 0 Å². The molecule has 0 aliphatic carbocycles. The lowest BCUT2D eigenvalue weighted by atomic mass is 10.0. The van der Waals surface area contributed by atoms with Crippen LogP contribution in [0.5, 0.6) is 0 Å². The average Bonchev–Trinajstić information content (AvgIpc) is 3.02. The Morgan fingerprint density at radius 2 is 2.04 bits per heavy atom. The van der Waals surface area contributed by atoms with Gasteiger partial charge < -0.3 is 14.5 Å². The highest BCUT2D eigenvalue weighted by atomic mass is 16.5. The molecule has 2 aliphatic rings. The number of carbonyl (C=O) groups is 2. The molecule has 5 nitrogen and oxygen atoms in total. The molecular weight excluding hydrogens is 316 g/mol. The number of para-hydroxylation sites is 1. The molecule has 0 spiro atoms. The lowest BCUT2D eigenvalue weighted by Gasteiger charge is -2.32. The molecule has 2 amide bonds. The molecule has 2 aliphatic heterocycles. The zero-order valence-electron chi connectivity index (χ0n) is 15.5. The Bertz CT molecular complexity index is 652. The van der Waals surface area contributed by atoms with Crippen LogP contribution in [0.15, 0.2) is 18.2 Å². The van der Waals surface area contributed by atoms with E-state index in [9.17, 15) is 9.59 Å². The zero-order valence-corrected chi connectivity index (χ0v) is 15.5. The molecule has 5 heteroatoms. The Kier molecular flexibility index (Phi) is 5.42. The molecule has 1 aromatic rings. The van der Waals surface area contributed by atoms with Crippen LogP contribution in [0.25, 0.3) is 0 Å². The first-order valence-electron chi connectivity index (χ1n) is 9.26. The summed E-state index contributed by atoms with van der Waals surface area (Å²) in [5, 5.41) is 0. The van der Waals surface area contributed by atoms with E-state index >= 15 is 0 Å². The van der Waals surface area contributed by atoms with Gasteiger partial charge in [-0.05, 0) is 37.3 Å². The third-order valence-corrected chi connectivity index (χ3v) is 5.53. The monoisotopic (exact) mass is 344 g/mol. The van der Waals surface area contributed by atoms with Crippen molar-refractivity contribution in [1.82, 2.24) is 4.90 Å². The minimum Gasteiger partial charge on any atom is -0.381 e. The Hall–Kier alpha value is -1.88. The highest BCUT2D eigenvalue weighted by Gasteiger charge is 2.39. The summed E-state index contributed by atoms with van der Waals surface area (Å²) in [6, 6.07) is 6.36. The summed E-state index contributed by atoms with van der Waals surface area (Å²) in [7, 11) is 1.87. The fraction of sp³-hybridized carbons (Fsp3) is 0.600. The van der Waals surface area contributed by atoms with Crippen LogP contribution in [-0.2, 0) is 20.7 Å². The molecule has 2 heterocycles. The first-order valence-corrected chi connectivity index (χ1v) is 9.26. The van der Waals surface area contributed by atoms with E-state index in [4.69, 9.17) is 4.74 Å². The van der Waals surface area contributed by atoms with Crippen molar-refractivity contribution < 1.29 is 14.3 Å². The summed E-state index contributed by atoms with van der Waals surface area (Å²) in [5.74, 6) is -0.0956. The second kappa shape index (κ2) is 7.56. The van der Waals surface area contributed by atoms with Crippen molar-refractivity contribution in [2.24, 2.45) is 5.92 Å². The molecule has 0 unspecified atom stereocenters. The summed E-state index contributed by atoms with van der Waals surface area (Å²) in [5.41, 5.74) is 3.26. The van der Waals surface area contributed by atoms with Crippen molar-refractivity contribution in [3.05, 3.63) is 29.3 Å². The second-order valence-corrected chi connectivity index (χ2v) is 7.13. The molecule has 0 bridgehead atoms. The number of amides is 2. The van der Waals surface area contributed by atoms with E-state index in [2.05, 4.69) is 13.0 Å². The normalized spacial score (nSPS) is 21.6. The van der Waals surface area contributed by atoms with Gasteiger partial charge in [-0.25, -0.2) is 0 Å². The van der Waals surface area contributed by atoms with Crippen LogP contribution in [-0.4, -0.2) is 49.6 Å². The van der Waals surface area contributed by atoms with E-state index in [-0.39, 0.29) is 23.8 Å². The zero-order chi connectivity index (χ0) is 18.0. The number of anilines is 1. The van der Waals surface area contributed by atoms with Crippen molar-refractivity contribution in [2.75, 3.05) is 31.7 Å². The summed E-state index contributed by atoms with van der Waals surface area (Å²) < 4.78 is 5.39. The Labute approximate surface area is 149 Å². The number of carbonyl (C=O) groups excluding carboxylic acids is 2. The Morgan fingerprint density at radius 1 is 1.32 bits per heavy atom. The lowest BCUT2D eigenvalue weighted by molar-refractivity contribution is -0.138. The van der Waals surface area contributed by atoms with Crippen molar-refractivity contribution in [2.45, 2.75) is 45.6 Å². The average molecular weight is 344 g/mol. The number of hydrogen-bond acceptors (Lipinski definition) is 3. The fourth-order valence-corrected chi connectivity index (χ4v) is 4.02. The number of aryl methyl sites for hydroxylation is 2. The molecule has 0 N–H and O–H groups in total. The van der Waals surface area contributed by atoms with Gasteiger partial charge in [-0.1, -0.05) is 25.1 Å². The predicted molar refractivity (Wildman–Crippen MR) is 97.6 cm³/mol. The minimum absolute atomic E-state index is 0.0581. The summed E-state index contributed by atoms with van der Waals surface area (Å²) in [6.07, 6.45) is 2.94. The van der Waals surface area contributed by atoms with Crippen LogP contribution in [0.1, 0.15) is 37.3 Å². The molecule has 1 atom stereocenters. The van der Waals surface area contributed by atoms with Crippen molar-refractivity contribution in [3.63, 3.8) is 0 Å². The van der Waals surface area contributed by atoms with Crippen LogP contribution in [0.3, 0.4) is 0 Å². The van der Waals surface area contributed by atoms with E-state index in [1.807, 2.05) is 35.9 Å². The van der Waals surface area contributed by atoms with Gasteiger partial charge in [0.15, 0.2) is 0 Å². The van der Waals surface area contributed by atoms with Gasteiger partial charge in [0.25, 0.3) is 0 Å². The lowest BCUT2D eigenvalue weighted by Crippen LogP contribution is -2.44. The van der Waals surface area contributed by atoms with Gasteiger partial charge in [0, 0.05) is 45.0 Å². The highest BCUT2D eigenvalue weighted by Crippen LogP contribution is 2.32. The highest BCUT2D eigenvalue weighted by molar-refractivity contribution is 6.01. The van der Waals surface area contributed by atoms with Crippen LogP contribution in [0.2, 0.25) is 0 Å². The summed E-state index contributed by atoms with van der Waals surface area (Å²) in [4.78, 5) is 29.2. The molecule has 3 rings (SSSR count). The number of benzene rings is 1. The van der Waals surface area contributed by atoms with Gasteiger partial charge in [-0.15, -0.1) is 0 Å². The maximum Gasteiger partial charge on any atom is 0.228 e. The second-order valence-electron chi connectivity index (χ2n) is 7.13. The van der Waals surface area contributed by atoms with Gasteiger partial charge >= 0.3 is 0 Å². The number of rotatable bonds is 4. The van der Waals surface area contributed by atoms with Gasteiger partial charge in [0.2, 0.25) is 11.8 Å². The molecule has 0 saturated carbocycles. The quantitative estimate of drug-likeness (QED) is 0.843. The third kappa shape index (κ3) is 3.56. The maximum atomic E-state index is 12.9. The molecule has 2 fully saturated rings. The van der Waals surface area contributed by atoms with Crippen molar-refractivity contribution in [3.8, 4) is 0 Å². The molecule has 25 heavy (non-hydrogen) atoms. The minimum atomic E-state index is -0.246. The summed E-state index contributed by atoms with van der Waals surface area (Å²) in [6.45, 7) is 6.04. The predicted octanol–water partition coefficient (Wildman–Crippen LogP) is 2.55. The fourth-order valence-electron chi connectivity index (χ4n) is 4.02. The van der Waals surface area contributed by atoms with E-state index in [0.717, 1.165) is 30.5 Å². The molecule has 1 aromatic carbocycles. The molecule has 136 valence electrons. The standard InChI is InChI=1S/C20H28N2O3/c1-4-15-7-5-6-14(2)19(15)22-13-16(12-18(22)23)20(24)21(3)17-8-10-25-11-9-17/h5-7,16-17H,4,8-13H2,1-3H3/t16-/m1/s1. The number of hydrogen-bond donors (Lipinski definition) is 0. The largest absolute Gasteiger partial charge is 0.381 e. The third-order valence-electron chi connectivity index (χ3n) is 5.53. The smallest absolute Gasteiger partial charge is 0.228 e. The van der Waals surface area contributed by atoms with Gasteiger partial charge in [-0.3, -0.25) is 9.59 Å². The van der Waals surface area contributed by atoms with E-state index in [1.165, 1.54) is 5.56 Å². The first kappa shape index (κ1) is 17.9. The molecule has 0 radical (unpaired) electrons. The van der Waals surface area contributed by atoms with Crippen molar-refractivity contribution >= 4 is 17.5 Å². The molecular formula is C20H28N2O3. The van der Waals surface area contributed by atoms with Gasteiger partial charge in [0.05, 0.1) is 5.92 Å². The summed E-state index contributed by atoms with van der Waals surface area (Å²) >= 11 is 0. The Morgan fingerprint density at radius 3 is 2.72 bits per heavy atom. The van der Waals surface area contributed by atoms with E-state index in [0.29, 0.717) is 26.2 Å². The maximum absolute atomic E-state index is 12.9. The van der Waals surface area contributed by atoms with Crippen LogP contribution < -0.4 is 4.90 Å². The van der Waals surface area contributed by atoms with E-state index < -0.39 is 0 Å². The Balaban J connectivity index is 1.75.